The molecule has 1 fully saturated rings. The van der Waals surface area contributed by atoms with Gasteiger partial charge in [0.05, 0.1) is 9.75 Å². The van der Waals surface area contributed by atoms with Gasteiger partial charge in [0.25, 0.3) is 5.91 Å². The maximum atomic E-state index is 11.9. The summed E-state index contributed by atoms with van der Waals surface area (Å²) in [5.74, 6) is 5.44. The van der Waals surface area contributed by atoms with Gasteiger partial charge in [-0.1, -0.05) is 11.8 Å². The highest BCUT2D eigenvalue weighted by Crippen LogP contribution is 2.35. The summed E-state index contributed by atoms with van der Waals surface area (Å²) in [6.45, 7) is 3.82. The lowest BCUT2D eigenvalue weighted by Gasteiger charge is -2.09. The second-order valence-corrected chi connectivity index (χ2v) is 5.65. The minimum atomic E-state index is -0.156. The van der Waals surface area contributed by atoms with Gasteiger partial charge >= 0.3 is 0 Å². The van der Waals surface area contributed by atoms with E-state index >= 15 is 0 Å². The van der Waals surface area contributed by atoms with Crippen LogP contribution >= 0.6 is 11.3 Å². The Morgan fingerprint density at radius 3 is 2.94 bits per heavy atom. The van der Waals surface area contributed by atoms with E-state index < -0.39 is 0 Å². The van der Waals surface area contributed by atoms with E-state index in [1.807, 2.05) is 13.0 Å². The molecule has 0 radical (unpaired) electrons. The molecule has 0 saturated heterocycles. The van der Waals surface area contributed by atoms with E-state index in [-0.39, 0.29) is 18.1 Å². The standard InChI is InChI=1S/C13H15NO2S/c1-9-8-11(17-10(9)4-3-7-15)12(16)14-13(2)5-6-13/h8,15H,5-7H2,1-2H3,(H,14,16). The molecule has 1 aliphatic carbocycles. The SMILES string of the molecule is Cc1cc(C(=O)NC2(C)CC2)sc1C#CCO. The van der Waals surface area contributed by atoms with Gasteiger partial charge in [-0.2, -0.15) is 0 Å². The fraction of sp³-hybridized carbons (Fsp3) is 0.462. The summed E-state index contributed by atoms with van der Waals surface area (Å²) in [6.07, 6.45) is 2.11. The molecule has 1 aliphatic rings. The summed E-state index contributed by atoms with van der Waals surface area (Å²) in [5, 5.41) is 11.7. The molecule has 2 N–H and O–H groups in total. The van der Waals surface area contributed by atoms with Gasteiger partial charge in [0.1, 0.15) is 6.61 Å². The van der Waals surface area contributed by atoms with Crippen molar-refractivity contribution in [2.45, 2.75) is 32.2 Å². The van der Waals surface area contributed by atoms with Crippen molar-refractivity contribution in [1.82, 2.24) is 5.32 Å². The zero-order valence-corrected chi connectivity index (χ0v) is 10.8. The molecule has 0 bridgehead atoms. The Bertz CT molecular complexity index is 503. The number of aryl methyl sites for hydroxylation is 1. The number of carbonyl (C=O) groups is 1. The molecule has 1 amide bonds. The summed E-state index contributed by atoms with van der Waals surface area (Å²) in [7, 11) is 0. The van der Waals surface area contributed by atoms with E-state index in [1.54, 1.807) is 0 Å². The van der Waals surface area contributed by atoms with Crippen LogP contribution in [0.4, 0.5) is 0 Å². The van der Waals surface area contributed by atoms with Crippen LogP contribution in [0.5, 0.6) is 0 Å². The predicted octanol–water partition coefficient (Wildman–Crippen LogP) is 1.68. The van der Waals surface area contributed by atoms with Crippen LogP contribution in [0.15, 0.2) is 6.07 Å². The Hall–Kier alpha value is -1.31. The van der Waals surface area contributed by atoms with Gasteiger partial charge in [0.15, 0.2) is 0 Å². The summed E-state index contributed by atoms with van der Waals surface area (Å²) < 4.78 is 0. The third kappa shape index (κ3) is 2.87. The summed E-state index contributed by atoms with van der Waals surface area (Å²) in [4.78, 5) is 13.5. The van der Waals surface area contributed by atoms with Gasteiger partial charge < -0.3 is 10.4 Å². The zero-order valence-electron chi connectivity index (χ0n) is 9.96. The summed E-state index contributed by atoms with van der Waals surface area (Å²) in [6, 6.07) is 1.85. The average molecular weight is 249 g/mol. The van der Waals surface area contributed by atoms with Gasteiger partial charge in [-0.05, 0) is 38.3 Å². The second-order valence-electron chi connectivity index (χ2n) is 4.60. The fourth-order valence-corrected chi connectivity index (χ4v) is 2.43. The maximum absolute atomic E-state index is 11.9. The molecule has 1 saturated carbocycles. The van der Waals surface area contributed by atoms with Crippen molar-refractivity contribution in [2.24, 2.45) is 0 Å². The summed E-state index contributed by atoms with van der Waals surface area (Å²) >= 11 is 1.38. The van der Waals surface area contributed by atoms with E-state index in [9.17, 15) is 4.79 Å². The molecule has 2 rings (SSSR count). The molecule has 3 nitrogen and oxygen atoms in total. The molecule has 17 heavy (non-hydrogen) atoms. The number of hydrogen-bond donors (Lipinski definition) is 2. The largest absolute Gasteiger partial charge is 0.384 e. The average Bonchev–Trinajstić information content (AvgIpc) is 2.88. The number of aliphatic hydroxyl groups is 1. The van der Waals surface area contributed by atoms with Crippen molar-refractivity contribution in [3.05, 3.63) is 21.4 Å². The van der Waals surface area contributed by atoms with Crippen molar-refractivity contribution >= 4 is 17.2 Å². The van der Waals surface area contributed by atoms with Crippen LogP contribution in [0.2, 0.25) is 0 Å². The molecule has 1 heterocycles. The number of amides is 1. The van der Waals surface area contributed by atoms with Crippen LogP contribution < -0.4 is 5.32 Å². The van der Waals surface area contributed by atoms with Crippen LogP contribution in [0.3, 0.4) is 0 Å². The Morgan fingerprint density at radius 2 is 2.35 bits per heavy atom. The smallest absolute Gasteiger partial charge is 0.261 e. The zero-order chi connectivity index (χ0) is 12.5. The molecule has 0 spiro atoms. The highest BCUT2D eigenvalue weighted by Gasteiger charge is 2.39. The Labute approximate surface area is 105 Å². The quantitative estimate of drug-likeness (QED) is 0.784. The van der Waals surface area contributed by atoms with Gasteiger partial charge in [-0.25, -0.2) is 0 Å². The highest BCUT2D eigenvalue weighted by molar-refractivity contribution is 7.14. The lowest BCUT2D eigenvalue weighted by molar-refractivity contribution is 0.0939. The van der Waals surface area contributed by atoms with Gasteiger partial charge in [0, 0.05) is 5.54 Å². The fourth-order valence-electron chi connectivity index (χ4n) is 1.49. The molecule has 0 atom stereocenters. The van der Waals surface area contributed by atoms with E-state index in [4.69, 9.17) is 5.11 Å². The number of thiophene rings is 1. The topological polar surface area (TPSA) is 49.3 Å². The van der Waals surface area contributed by atoms with Crippen molar-refractivity contribution in [3.8, 4) is 11.8 Å². The van der Waals surface area contributed by atoms with E-state index in [0.29, 0.717) is 4.88 Å². The van der Waals surface area contributed by atoms with Gasteiger partial charge in [-0.3, -0.25) is 4.79 Å². The molecule has 4 heteroatoms. The summed E-state index contributed by atoms with van der Waals surface area (Å²) in [5.41, 5.74) is 0.994. The van der Waals surface area contributed by atoms with Crippen molar-refractivity contribution in [3.63, 3.8) is 0 Å². The molecule has 1 aromatic rings. The minimum Gasteiger partial charge on any atom is -0.384 e. The van der Waals surface area contributed by atoms with Crippen LogP contribution in [0.25, 0.3) is 0 Å². The number of carbonyl (C=O) groups excluding carboxylic acids is 1. The normalized spacial score (nSPS) is 15.9. The molecule has 0 aliphatic heterocycles. The highest BCUT2D eigenvalue weighted by atomic mass is 32.1. The molecule has 1 aromatic heterocycles. The van der Waals surface area contributed by atoms with E-state index in [1.165, 1.54) is 11.3 Å². The number of rotatable bonds is 2. The molecular weight excluding hydrogens is 234 g/mol. The first kappa shape index (κ1) is 12.2. The predicted molar refractivity (Wildman–Crippen MR) is 68.1 cm³/mol. The first-order chi connectivity index (χ1) is 8.04. The van der Waals surface area contributed by atoms with E-state index in [0.717, 1.165) is 23.3 Å². The van der Waals surface area contributed by atoms with E-state index in [2.05, 4.69) is 24.1 Å². The molecule has 0 aromatic carbocycles. The third-order valence-corrected chi connectivity index (χ3v) is 3.99. The molecule has 90 valence electrons. The first-order valence-corrected chi connectivity index (χ1v) is 6.38. The number of nitrogens with one attached hydrogen (secondary N) is 1. The Kier molecular flexibility index (Phi) is 3.23. The number of hydrogen-bond acceptors (Lipinski definition) is 3. The first-order valence-electron chi connectivity index (χ1n) is 5.57. The Balaban J connectivity index is 2.13. The van der Waals surface area contributed by atoms with Crippen molar-refractivity contribution in [2.75, 3.05) is 6.61 Å². The third-order valence-electron chi connectivity index (χ3n) is 2.84. The number of aliphatic hydroxyl groups excluding tert-OH is 1. The van der Waals surface area contributed by atoms with Gasteiger partial charge in [0.2, 0.25) is 0 Å². The van der Waals surface area contributed by atoms with Crippen LogP contribution in [-0.2, 0) is 0 Å². The molecular formula is C13H15NO2S. The van der Waals surface area contributed by atoms with Crippen LogP contribution in [0, 0.1) is 18.8 Å². The van der Waals surface area contributed by atoms with Crippen LogP contribution in [0.1, 0.15) is 39.9 Å². The monoisotopic (exact) mass is 249 g/mol. The maximum Gasteiger partial charge on any atom is 0.261 e. The Morgan fingerprint density at radius 1 is 1.65 bits per heavy atom. The van der Waals surface area contributed by atoms with Crippen LogP contribution in [-0.4, -0.2) is 23.2 Å². The lowest BCUT2D eigenvalue weighted by Crippen LogP contribution is -2.33. The second kappa shape index (κ2) is 4.52. The molecule has 0 unspecified atom stereocenters. The minimum absolute atomic E-state index is 0.00587. The lowest BCUT2D eigenvalue weighted by atomic mass is 10.2. The van der Waals surface area contributed by atoms with Crippen molar-refractivity contribution in [1.29, 1.82) is 0 Å². The van der Waals surface area contributed by atoms with Gasteiger partial charge in [-0.15, -0.1) is 11.3 Å². The van der Waals surface area contributed by atoms with Crippen molar-refractivity contribution < 1.29 is 9.90 Å².